The van der Waals surface area contributed by atoms with Gasteiger partial charge in [-0.25, -0.2) is 4.98 Å². The molecule has 3 aliphatic rings. The van der Waals surface area contributed by atoms with Crippen molar-refractivity contribution in [1.82, 2.24) is 14.5 Å². The van der Waals surface area contributed by atoms with E-state index >= 15 is 0 Å². The van der Waals surface area contributed by atoms with Crippen molar-refractivity contribution in [2.75, 3.05) is 18.0 Å². The van der Waals surface area contributed by atoms with Crippen LogP contribution in [0.3, 0.4) is 0 Å². The second kappa shape index (κ2) is 8.90. The minimum atomic E-state index is 0.0308. The van der Waals surface area contributed by atoms with E-state index in [0.717, 1.165) is 54.8 Å². The number of hydrogen-bond donors (Lipinski definition) is 0. The number of hydrogen-bond acceptors (Lipinski definition) is 3. The van der Waals surface area contributed by atoms with E-state index in [-0.39, 0.29) is 24.3 Å². The van der Waals surface area contributed by atoms with Gasteiger partial charge in [0.2, 0.25) is 11.8 Å². The van der Waals surface area contributed by atoms with E-state index in [1.54, 1.807) is 0 Å². The molecule has 3 heterocycles. The Morgan fingerprint density at radius 2 is 1.76 bits per heavy atom. The molecule has 0 spiro atoms. The second-order valence-electron chi connectivity index (χ2n) is 10.1. The highest BCUT2D eigenvalue weighted by Crippen LogP contribution is 2.35. The van der Waals surface area contributed by atoms with E-state index < -0.39 is 0 Å². The van der Waals surface area contributed by atoms with Crippen LogP contribution in [0, 0.1) is 0 Å². The number of anilines is 1. The number of rotatable bonds is 4. The number of imidazole rings is 1. The Labute approximate surface area is 200 Å². The summed E-state index contributed by atoms with van der Waals surface area (Å²) >= 11 is 0. The van der Waals surface area contributed by atoms with Crippen LogP contribution in [-0.2, 0) is 22.6 Å². The number of nitrogens with zero attached hydrogens (tertiary/aromatic N) is 4. The number of benzene rings is 2. The molecule has 6 rings (SSSR count). The van der Waals surface area contributed by atoms with Crippen LogP contribution < -0.4 is 4.90 Å². The molecule has 0 radical (unpaired) electrons. The fraction of sp³-hybridized carbons (Fsp3) is 0.464. The SMILES string of the molecule is O=C(Cn1c(C2CC(=O)N(C3CCCCC3)C2)nc2ccccc21)N1CCCc2ccccc21. The molecule has 2 aliphatic heterocycles. The van der Waals surface area contributed by atoms with Gasteiger partial charge in [-0.2, -0.15) is 0 Å². The van der Waals surface area contributed by atoms with E-state index in [9.17, 15) is 9.59 Å². The largest absolute Gasteiger partial charge is 0.339 e. The van der Waals surface area contributed by atoms with Crippen LogP contribution in [0.4, 0.5) is 5.69 Å². The predicted octanol–water partition coefficient (Wildman–Crippen LogP) is 4.66. The van der Waals surface area contributed by atoms with Crippen LogP contribution in [-0.4, -0.2) is 45.4 Å². The maximum absolute atomic E-state index is 13.6. The molecule has 6 heteroatoms. The molecule has 6 nitrogen and oxygen atoms in total. The summed E-state index contributed by atoms with van der Waals surface area (Å²) < 4.78 is 2.08. The van der Waals surface area contributed by atoms with Gasteiger partial charge in [-0.1, -0.05) is 49.6 Å². The van der Waals surface area contributed by atoms with Gasteiger partial charge in [-0.3, -0.25) is 9.59 Å². The predicted molar refractivity (Wildman–Crippen MR) is 133 cm³/mol. The average Bonchev–Trinajstić information content (AvgIpc) is 3.44. The van der Waals surface area contributed by atoms with Crippen molar-refractivity contribution in [1.29, 1.82) is 0 Å². The van der Waals surface area contributed by atoms with Crippen molar-refractivity contribution < 1.29 is 9.59 Å². The van der Waals surface area contributed by atoms with Crippen molar-refractivity contribution in [2.24, 2.45) is 0 Å². The lowest BCUT2D eigenvalue weighted by molar-refractivity contribution is -0.130. The Hall–Kier alpha value is -3.15. The smallest absolute Gasteiger partial charge is 0.246 e. The van der Waals surface area contributed by atoms with Crippen molar-refractivity contribution in [3.63, 3.8) is 0 Å². The summed E-state index contributed by atoms with van der Waals surface area (Å²) in [5.74, 6) is 1.24. The molecule has 176 valence electrons. The van der Waals surface area contributed by atoms with E-state index in [4.69, 9.17) is 4.98 Å². The van der Waals surface area contributed by atoms with Gasteiger partial charge in [0, 0.05) is 37.2 Å². The van der Waals surface area contributed by atoms with Crippen LogP contribution in [0.15, 0.2) is 48.5 Å². The molecule has 2 amide bonds. The normalized spacial score (nSPS) is 21.3. The summed E-state index contributed by atoms with van der Waals surface area (Å²) in [6.45, 7) is 1.71. The molecule has 1 aliphatic carbocycles. The van der Waals surface area contributed by atoms with E-state index in [0.29, 0.717) is 19.0 Å². The van der Waals surface area contributed by atoms with Crippen molar-refractivity contribution in [3.8, 4) is 0 Å². The van der Waals surface area contributed by atoms with Crippen LogP contribution >= 0.6 is 0 Å². The monoisotopic (exact) mass is 456 g/mol. The standard InChI is InChI=1S/C28H32N4O2/c33-26-17-21(18-31(26)22-11-2-1-3-12-22)28-29-23-13-5-7-15-25(23)32(28)19-27(34)30-16-8-10-20-9-4-6-14-24(20)30/h4-7,9,13-15,21-22H,1-3,8,10-12,16-19H2. The Balaban J connectivity index is 1.31. The molecule has 1 unspecified atom stereocenters. The molecule has 3 aromatic rings. The molecular weight excluding hydrogens is 424 g/mol. The summed E-state index contributed by atoms with van der Waals surface area (Å²) in [6.07, 6.45) is 8.41. The zero-order chi connectivity index (χ0) is 23.1. The fourth-order valence-electron chi connectivity index (χ4n) is 6.24. The van der Waals surface area contributed by atoms with Crippen LogP contribution in [0.25, 0.3) is 11.0 Å². The lowest BCUT2D eigenvalue weighted by Gasteiger charge is -2.31. The highest BCUT2D eigenvalue weighted by Gasteiger charge is 2.38. The lowest BCUT2D eigenvalue weighted by Crippen LogP contribution is -2.38. The Bertz CT molecular complexity index is 1230. The second-order valence-corrected chi connectivity index (χ2v) is 10.1. The summed E-state index contributed by atoms with van der Waals surface area (Å²) in [5, 5.41) is 0. The maximum atomic E-state index is 13.6. The molecule has 2 fully saturated rings. The summed E-state index contributed by atoms with van der Waals surface area (Å²) in [6, 6.07) is 16.6. The molecule has 1 atom stereocenters. The minimum absolute atomic E-state index is 0.0308. The number of amides is 2. The molecule has 1 aromatic heterocycles. The van der Waals surface area contributed by atoms with Crippen LogP contribution in [0.1, 0.15) is 62.3 Å². The van der Waals surface area contributed by atoms with Gasteiger partial charge in [0.05, 0.1) is 11.0 Å². The average molecular weight is 457 g/mol. The van der Waals surface area contributed by atoms with Gasteiger partial charge in [0.25, 0.3) is 0 Å². The summed E-state index contributed by atoms with van der Waals surface area (Å²) in [7, 11) is 0. The van der Waals surface area contributed by atoms with E-state index in [1.807, 2.05) is 41.3 Å². The van der Waals surface area contributed by atoms with Gasteiger partial charge in [0.15, 0.2) is 0 Å². The molecule has 34 heavy (non-hydrogen) atoms. The summed E-state index contributed by atoms with van der Waals surface area (Å²) in [4.78, 5) is 35.6. The van der Waals surface area contributed by atoms with Crippen LogP contribution in [0.2, 0.25) is 0 Å². The number of likely N-dealkylation sites (tertiary alicyclic amines) is 1. The molecule has 0 N–H and O–H groups in total. The molecule has 1 saturated carbocycles. The Kier molecular flexibility index (Phi) is 5.60. The fourth-order valence-corrected chi connectivity index (χ4v) is 6.24. The third-order valence-electron chi connectivity index (χ3n) is 7.93. The number of carbonyl (C=O) groups is 2. The van der Waals surface area contributed by atoms with Crippen molar-refractivity contribution in [2.45, 2.75) is 69.9 Å². The number of para-hydroxylation sites is 3. The van der Waals surface area contributed by atoms with E-state index in [1.165, 1.54) is 24.8 Å². The minimum Gasteiger partial charge on any atom is -0.339 e. The highest BCUT2D eigenvalue weighted by atomic mass is 16.2. The zero-order valence-electron chi connectivity index (χ0n) is 19.7. The van der Waals surface area contributed by atoms with Crippen molar-refractivity contribution >= 4 is 28.5 Å². The Morgan fingerprint density at radius 3 is 2.65 bits per heavy atom. The number of fused-ring (bicyclic) bond motifs is 2. The Morgan fingerprint density at radius 1 is 0.971 bits per heavy atom. The molecule has 0 bridgehead atoms. The van der Waals surface area contributed by atoms with Crippen LogP contribution in [0.5, 0.6) is 0 Å². The third kappa shape index (κ3) is 3.79. The summed E-state index contributed by atoms with van der Waals surface area (Å²) in [5.41, 5.74) is 4.14. The van der Waals surface area contributed by atoms with Crippen molar-refractivity contribution in [3.05, 3.63) is 59.9 Å². The maximum Gasteiger partial charge on any atom is 0.246 e. The zero-order valence-corrected chi connectivity index (χ0v) is 19.7. The number of carbonyl (C=O) groups excluding carboxylic acids is 2. The number of aryl methyl sites for hydroxylation is 1. The first kappa shape index (κ1) is 21.4. The molecule has 1 saturated heterocycles. The van der Waals surface area contributed by atoms with Gasteiger partial charge in [0.1, 0.15) is 12.4 Å². The van der Waals surface area contributed by atoms with Gasteiger partial charge < -0.3 is 14.4 Å². The highest BCUT2D eigenvalue weighted by molar-refractivity contribution is 5.95. The van der Waals surface area contributed by atoms with Gasteiger partial charge in [-0.05, 0) is 49.4 Å². The first-order chi connectivity index (χ1) is 16.7. The lowest BCUT2D eigenvalue weighted by atomic mass is 9.94. The topological polar surface area (TPSA) is 58.4 Å². The molecule has 2 aromatic carbocycles. The van der Waals surface area contributed by atoms with E-state index in [2.05, 4.69) is 21.6 Å². The first-order valence-electron chi connectivity index (χ1n) is 12.8. The molecular formula is C28H32N4O2. The third-order valence-corrected chi connectivity index (χ3v) is 7.93. The van der Waals surface area contributed by atoms with Gasteiger partial charge in [-0.15, -0.1) is 0 Å². The first-order valence-corrected chi connectivity index (χ1v) is 12.8. The van der Waals surface area contributed by atoms with Gasteiger partial charge >= 0.3 is 0 Å². The number of aromatic nitrogens is 2. The quantitative estimate of drug-likeness (QED) is 0.574.